The van der Waals surface area contributed by atoms with Crippen LogP contribution in [0.25, 0.3) is 0 Å². The van der Waals surface area contributed by atoms with Gasteiger partial charge in [-0.25, -0.2) is 0 Å². The summed E-state index contributed by atoms with van der Waals surface area (Å²) in [6, 6.07) is 2.02. The van der Waals surface area contributed by atoms with E-state index >= 15 is 0 Å². The van der Waals surface area contributed by atoms with Crippen LogP contribution in [0.4, 0.5) is 0 Å². The molecule has 1 atom stereocenters. The number of piperidine rings is 1. The summed E-state index contributed by atoms with van der Waals surface area (Å²) in [6.45, 7) is 3.14. The highest BCUT2D eigenvalue weighted by Crippen LogP contribution is 2.19. The Hall–Kier alpha value is -0.320. The number of methoxy groups -OCH3 is 1. The second-order valence-corrected chi connectivity index (χ2v) is 4.78. The van der Waals surface area contributed by atoms with Gasteiger partial charge in [-0.3, -0.25) is 4.90 Å². The van der Waals surface area contributed by atoms with Gasteiger partial charge in [-0.15, -0.1) is 0 Å². The number of likely N-dealkylation sites (tertiary alicyclic amines) is 1. The van der Waals surface area contributed by atoms with Gasteiger partial charge in [0, 0.05) is 25.8 Å². The van der Waals surface area contributed by atoms with Crippen LogP contribution in [-0.2, 0) is 11.3 Å². The molecule has 1 fully saturated rings. The van der Waals surface area contributed by atoms with Gasteiger partial charge in [0.15, 0.2) is 4.67 Å². The van der Waals surface area contributed by atoms with E-state index in [2.05, 4.69) is 20.8 Å². The van der Waals surface area contributed by atoms with Gasteiger partial charge in [0.2, 0.25) is 0 Å². The molecule has 0 aliphatic carbocycles. The number of furan rings is 1. The molecule has 1 aromatic rings. The summed E-state index contributed by atoms with van der Waals surface area (Å²) < 4.78 is 11.4. The first-order valence-corrected chi connectivity index (χ1v) is 6.05. The van der Waals surface area contributed by atoms with Gasteiger partial charge in [0.1, 0.15) is 0 Å². The lowest BCUT2D eigenvalue weighted by molar-refractivity contribution is 0.0285. The molecule has 3 nitrogen and oxygen atoms in total. The molecular weight excluding hydrogens is 258 g/mol. The lowest BCUT2D eigenvalue weighted by Crippen LogP contribution is -2.38. The topological polar surface area (TPSA) is 25.6 Å². The largest absolute Gasteiger partial charge is 0.457 e. The van der Waals surface area contributed by atoms with Gasteiger partial charge in [0.05, 0.1) is 12.4 Å². The predicted molar refractivity (Wildman–Crippen MR) is 61.7 cm³/mol. The molecule has 1 aliphatic rings. The van der Waals surface area contributed by atoms with E-state index in [-0.39, 0.29) is 0 Å². The minimum absolute atomic E-state index is 0.397. The molecule has 1 saturated heterocycles. The maximum Gasteiger partial charge on any atom is 0.169 e. The molecule has 84 valence electrons. The van der Waals surface area contributed by atoms with Crippen molar-refractivity contribution < 1.29 is 9.15 Å². The van der Waals surface area contributed by atoms with E-state index in [0.29, 0.717) is 6.10 Å². The van der Waals surface area contributed by atoms with Crippen molar-refractivity contribution in [3.8, 4) is 0 Å². The van der Waals surface area contributed by atoms with Crippen molar-refractivity contribution in [3.05, 3.63) is 22.6 Å². The molecule has 1 aromatic heterocycles. The number of rotatable bonds is 3. The van der Waals surface area contributed by atoms with E-state index in [1.165, 1.54) is 18.4 Å². The molecule has 0 aromatic carbocycles. The summed E-state index contributed by atoms with van der Waals surface area (Å²) >= 11 is 3.31. The van der Waals surface area contributed by atoms with Gasteiger partial charge in [-0.05, 0) is 41.4 Å². The zero-order valence-corrected chi connectivity index (χ0v) is 10.5. The Morgan fingerprint density at radius 2 is 2.53 bits per heavy atom. The third-order valence-corrected chi connectivity index (χ3v) is 3.24. The molecule has 0 bridgehead atoms. The van der Waals surface area contributed by atoms with Gasteiger partial charge >= 0.3 is 0 Å². The molecule has 2 heterocycles. The van der Waals surface area contributed by atoms with Crippen LogP contribution in [0.5, 0.6) is 0 Å². The third kappa shape index (κ3) is 3.06. The van der Waals surface area contributed by atoms with Gasteiger partial charge in [-0.1, -0.05) is 0 Å². The molecular formula is C11H16BrNO2. The fourth-order valence-electron chi connectivity index (χ4n) is 2.04. The SMILES string of the molecule is COC1CCCN(Cc2coc(Br)c2)C1. The second-order valence-electron chi connectivity index (χ2n) is 3.99. The lowest BCUT2D eigenvalue weighted by Gasteiger charge is -2.31. The molecule has 0 amide bonds. The average Bonchev–Trinajstić information content (AvgIpc) is 2.64. The molecule has 0 spiro atoms. The Balaban J connectivity index is 1.88. The van der Waals surface area contributed by atoms with Crippen molar-refractivity contribution in [1.82, 2.24) is 4.90 Å². The Bertz CT molecular complexity index is 313. The maximum atomic E-state index is 5.39. The van der Waals surface area contributed by atoms with Gasteiger partial charge in [-0.2, -0.15) is 0 Å². The molecule has 0 N–H and O–H groups in total. The first-order chi connectivity index (χ1) is 7.28. The number of nitrogens with zero attached hydrogens (tertiary/aromatic N) is 1. The van der Waals surface area contributed by atoms with Gasteiger partial charge < -0.3 is 9.15 Å². The van der Waals surface area contributed by atoms with Crippen molar-refractivity contribution in [2.75, 3.05) is 20.2 Å². The Morgan fingerprint density at radius 3 is 3.20 bits per heavy atom. The summed E-state index contributed by atoms with van der Waals surface area (Å²) in [4.78, 5) is 2.41. The maximum absolute atomic E-state index is 5.39. The van der Waals surface area contributed by atoms with Crippen LogP contribution in [0.15, 0.2) is 21.4 Å². The summed E-state index contributed by atoms with van der Waals surface area (Å²) in [5.74, 6) is 0. The van der Waals surface area contributed by atoms with E-state index in [0.717, 1.165) is 24.3 Å². The third-order valence-electron chi connectivity index (χ3n) is 2.82. The van der Waals surface area contributed by atoms with Crippen molar-refractivity contribution in [2.24, 2.45) is 0 Å². The van der Waals surface area contributed by atoms with Crippen LogP contribution >= 0.6 is 15.9 Å². The van der Waals surface area contributed by atoms with E-state index in [1.807, 2.05) is 6.07 Å². The summed E-state index contributed by atoms with van der Waals surface area (Å²) in [7, 11) is 1.79. The second kappa shape index (κ2) is 5.14. The van der Waals surface area contributed by atoms with Crippen LogP contribution < -0.4 is 0 Å². The van der Waals surface area contributed by atoms with Crippen molar-refractivity contribution in [2.45, 2.75) is 25.5 Å². The summed E-state index contributed by atoms with van der Waals surface area (Å²) in [6.07, 6.45) is 4.61. The predicted octanol–water partition coefficient (Wildman–Crippen LogP) is 2.65. The van der Waals surface area contributed by atoms with Crippen LogP contribution in [-0.4, -0.2) is 31.2 Å². The van der Waals surface area contributed by atoms with Crippen molar-refractivity contribution in [3.63, 3.8) is 0 Å². The van der Waals surface area contributed by atoms with Crippen LogP contribution in [0.3, 0.4) is 0 Å². The summed E-state index contributed by atoms with van der Waals surface area (Å²) in [5, 5.41) is 0. The molecule has 1 unspecified atom stereocenters. The highest BCUT2D eigenvalue weighted by Gasteiger charge is 2.19. The number of hydrogen-bond acceptors (Lipinski definition) is 3. The standard InChI is InChI=1S/C11H16BrNO2/c1-14-10-3-2-4-13(7-10)6-9-5-11(12)15-8-9/h5,8,10H,2-4,6-7H2,1H3. The fraction of sp³-hybridized carbons (Fsp3) is 0.636. The van der Waals surface area contributed by atoms with Crippen LogP contribution in [0.2, 0.25) is 0 Å². The summed E-state index contributed by atoms with van der Waals surface area (Å²) in [5.41, 5.74) is 1.22. The Kier molecular flexibility index (Phi) is 3.83. The normalized spacial score (nSPS) is 23.2. The molecule has 0 radical (unpaired) electrons. The minimum atomic E-state index is 0.397. The van der Waals surface area contributed by atoms with E-state index in [9.17, 15) is 0 Å². The van der Waals surface area contributed by atoms with Crippen LogP contribution in [0, 0.1) is 0 Å². The monoisotopic (exact) mass is 273 g/mol. The zero-order valence-electron chi connectivity index (χ0n) is 8.91. The molecule has 0 saturated carbocycles. The smallest absolute Gasteiger partial charge is 0.169 e. The molecule has 1 aliphatic heterocycles. The highest BCUT2D eigenvalue weighted by atomic mass is 79.9. The van der Waals surface area contributed by atoms with E-state index < -0.39 is 0 Å². The zero-order chi connectivity index (χ0) is 10.7. The van der Waals surface area contributed by atoms with Crippen LogP contribution in [0.1, 0.15) is 18.4 Å². The first kappa shape index (κ1) is 11.2. The number of halogens is 1. The molecule has 4 heteroatoms. The highest BCUT2D eigenvalue weighted by molar-refractivity contribution is 9.10. The fourth-order valence-corrected chi connectivity index (χ4v) is 2.42. The molecule has 2 rings (SSSR count). The van der Waals surface area contributed by atoms with Gasteiger partial charge in [0.25, 0.3) is 0 Å². The lowest BCUT2D eigenvalue weighted by atomic mass is 10.1. The quantitative estimate of drug-likeness (QED) is 0.847. The average molecular weight is 274 g/mol. The Labute approximate surface area is 98.5 Å². The van der Waals surface area contributed by atoms with E-state index in [4.69, 9.17) is 9.15 Å². The first-order valence-electron chi connectivity index (χ1n) is 5.26. The number of hydrogen-bond donors (Lipinski definition) is 0. The van der Waals surface area contributed by atoms with Crippen molar-refractivity contribution >= 4 is 15.9 Å². The minimum Gasteiger partial charge on any atom is -0.457 e. The molecule has 15 heavy (non-hydrogen) atoms. The number of ether oxygens (including phenoxy) is 1. The van der Waals surface area contributed by atoms with Crippen molar-refractivity contribution in [1.29, 1.82) is 0 Å². The Morgan fingerprint density at radius 1 is 1.67 bits per heavy atom. The van der Waals surface area contributed by atoms with E-state index in [1.54, 1.807) is 13.4 Å².